The number of hydrogen-bond acceptors (Lipinski definition) is 3. The van der Waals surface area contributed by atoms with Gasteiger partial charge in [-0.2, -0.15) is 0 Å². The molecule has 1 spiro atoms. The molecule has 2 N–H and O–H groups in total. The van der Waals surface area contributed by atoms with E-state index in [4.69, 9.17) is 4.74 Å². The molecule has 0 aliphatic carbocycles. The summed E-state index contributed by atoms with van der Waals surface area (Å²) >= 11 is 0. The maximum absolute atomic E-state index is 12.5. The van der Waals surface area contributed by atoms with Crippen molar-refractivity contribution in [3.8, 4) is 11.4 Å². The van der Waals surface area contributed by atoms with Crippen molar-refractivity contribution in [1.29, 1.82) is 0 Å². The molecule has 1 aromatic carbocycles. The smallest absolute Gasteiger partial charge is 0.317 e. The third-order valence-corrected chi connectivity index (χ3v) is 5.96. The lowest BCUT2D eigenvalue weighted by molar-refractivity contribution is 0.160. The van der Waals surface area contributed by atoms with Crippen LogP contribution in [0.25, 0.3) is 5.69 Å². The van der Waals surface area contributed by atoms with Gasteiger partial charge in [0.2, 0.25) is 0 Å². The predicted octanol–water partition coefficient (Wildman–Crippen LogP) is 3.71. The van der Waals surface area contributed by atoms with E-state index in [1.165, 1.54) is 5.69 Å². The monoisotopic (exact) mass is 368 g/mol. The number of hydrogen-bond donors (Lipinski definition) is 2. The number of fused-ring (bicyclic) bond motifs is 4. The summed E-state index contributed by atoms with van der Waals surface area (Å²) in [7, 11) is 1.69. The molecule has 144 valence electrons. The number of nitrogens with one attached hydrogen (secondary N) is 2. The summed E-state index contributed by atoms with van der Waals surface area (Å²) in [6.45, 7) is 5.60. The largest absolute Gasteiger partial charge is 0.497 e. The zero-order valence-electron chi connectivity index (χ0n) is 16.3. The summed E-state index contributed by atoms with van der Waals surface area (Å²) in [5.41, 5.74) is 3.33. The van der Waals surface area contributed by atoms with Crippen molar-refractivity contribution >= 4 is 11.7 Å². The van der Waals surface area contributed by atoms with Crippen LogP contribution in [0.1, 0.15) is 38.8 Å². The third-order valence-electron chi connectivity index (χ3n) is 5.96. The van der Waals surface area contributed by atoms with Gasteiger partial charge in [-0.1, -0.05) is 6.92 Å². The number of carbonyl (C=O) groups excluding carboxylic acids is 1. The molecule has 4 rings (SSSR count). The van der Waals surface area contributed by atoms with Gasteiger partial charge >= 0.3 is 6.03 Å². The molecule has 6 nitrogen and oxygen atoms in total. The Balaban J connectivity index is 1.57. The minimum atomic E-state index is -0.157. The molecule has 0 radical (unpaired) electrons. The number of amides is 2. The molecule has 0 saturated carbocycles. The van der Waals surface area contributed by atoms with E-state index in [1.54, 1.807) is 7.11 Å². The standard InChI is InChI=1S/C21H28N4O2/c1-4-15(2)22-20(26)24-12-9-21(10-13-24)19-6-5-11-25(19)18-8-7-16(27-3)14-17(18)23-21/h5-8,11,14-15,23H,4,9-10,12-13H2,1-3H3,(H,22,26)/t15-/m1/s1. The number of benzene rings is 1. The van der Waals surface area contributed by atoms with Gasteiger partial charge in [0.05, 0.1) is 24.0 Å². The van der Waals surface area contributed by atoms with E-state index in [9.17, 15) is 4.79 Å². The summed E-state index contributed by atoms with van der Waals surface area (Å²) in [5.74, 6) is 0.845. The van der Waals surface area contributed by atoms with Crippen LogP contribution in [0.15, 0.2) is 36.5 Å². The number of piperidine rings is 1. The number of aromatic nitrogens is 1. The molecule has 3 heterocycles. The Labute approximate surface area is 160 Å². The van der Waals surface area contributed by atoms with E-state index in [2.05, 4.69) is 52.6 Å². The molecule has 27 heavy (non-hydrogen) atoms. The van der Waals surface area contributed by atoms with Gasteiger partial charge < -0.3 is 24.8 Å². The Morgan fingerprint density at radius 2 is 2.11 bits per heavy atom. The van der Waals surface area contributed by atoms with Crippen molar-refractivity contribution in [2.75, 3.05) is 25.5 Å². The van der Waals surface area contributed by atoms with Crippen molar-refractivity contribution in [2.45, 2.75) is 44.7 Å². The van der Waals surface area contributed by atoms with Crippen LogP contribution in [0.2, 0.25) is 0 Å². The molecule has 0 bridgehead atoms. The molecule has 1 fully saturated rings. The summed E-state index contributed by atoms with van der Waals surface area (Å²) in [5, 5.41) is 6.86. The van der Waals surface area contributed by atoms with Gasteiger partial charge in [0.15, 0.2) is 0 Å². The number of ether oxygens (including phenoxy) is 1. The summed E-state index contributed by atoms with van der Waals surface area (Å²) < 4.78 is 7.68. The first kappa shape index (κ1) is 17.8. The number of likely N-dealkylation sites (tertiary alicyclic amines) is 1. The van der Waals surface area contributed by atoms with E-state index in [-0.39, 0.29) is 17.6 Å². The molecule has 1 atom stereocenters. The van der Waals surface area contributed by atoms with Crippen LogP contribution in [0.4, 0.5) is 10.5 Å². The highest BCUT2D eigenvalue weighted by atomic mass is 16.5. The van der Waals surface area contributed by atoms with Crippen LogP contribution in [0.3, 0.4) is 0 Å². The normalized spacial score (nSPS) is 18.3. The first-order valence-corrected chi connectivity index (χ1v) is 9.76. The fourth-order valence-electron chi connectivity index (χ4n) is 4.13. The van der Waals surface area contributed by atoms with Gasteiger partial charge in [-0.05, 0) is 50.5 Å². The maximum Gasteiger partial charge on any atom is 0.317 e. The fourth-order valence-corrected chi connectivity index (χ4v) is 4.13. The van der Waals surface area contributed by atoms with E-state index < -0.39 is 0 Å². The van der Waals surface area contributed by atoms with E-state index in [0.717, 1.165) is 49.5 Å². The van der Waals surface area contributed by atoms with Gasteiger partial charge in [-0.15, -0.1) is 0 Å². The zero-order chi connectivity index (χ0) is 19.0. The van der Waals surface area contributed by atoms with Crippen molar-refractivity contribution < 1.29 is 9.53 Å². The van der Waals surface area contributed by atoms with Gasteiger partial charge in [-0.3, -0.25) is 0 Å². The van der Waals surface area contributed by atoms with Gasteiger partial charge in [0.1, 0.15) is 5.75 Å². The molecule has 2 amide bonds. The summed E-state index contributed by atoms with van der Waals surface area (Å²) in [6.07, 6.45) is 4.81. The van der Waals surface area contributed by atoms with Crippen LogP contribution in [0, 0.1) is 0 Å². The number of urea groups is 1. The van der Waals surface area contributed by atoms with Crippen LogP contribution >= 0.6 is 0 Å². The van der Waals surface area contributed by atoms with Crippen LogP contribution < -0.4 is 15.4 Å². The second-order valence-electron chi connectivity index (χ2n) is 7.60. The Hall–Kier alpha value is -2.63. The Bertz CT molecular complexity index is 836. The van der Waals surface area contributed by atoms with Crippen molar-refractivity contribution in [1.82, 2.24) is 14.8 Å². The van der Waals surface area contributed by atoms with E-state index in [0.29, 0.717) is 0 Å². The minimum Gasteiger partial charge on any atom is -0.497 e. The Morgan fingerprint density at radius 1 is 1.33 bits per heavy atom. The highest BCUT2D eigenvalue weighted by Gasteiger charge is 2.42. The zero-order valence-corrected chi connectivity index (χ0v) is 16.3. The predicted molar refractivity (Wildman–Crippen MR) is 107 cm³/mol. The molecule has 1 saturated heterocycles. The van der Waals surface area contributed by atoms with Crippen LogP contribution in [-0.4, -0.2) is 41.7 Å². The average Bonchev–Trinajstić information content (AvgIpc) is 3.19. The Kier molecular flexibility index (Phi) is 4.50. The molecule has 1 aromatic heterocycles. The van der Waals surface area contributed by atoms with Gasteiger partial charge in [0, 0.05) is 37.1 Å². The maximum atomic E-state index is 12.5. The van der Waals surface area contributed by atoms with Gasteiger partial charge in [-0.25, -0.2) is 4.79 Å². The lowest BCUT2D eigenvalue weighted by atomic mass is 9.82. The summed E-state index contributed by atoms with van der Waals surface area (Å²) in [4.78, 5) is 14.4. The summed E-state index contributed by atoms with van der Waals surface area (Å²) in [6, 6.07) is 10.7. The number of anilines is 1. The van der Waals surface area contributed by atoms with Crippen molar-refractivity contribution in [2.24, 2.45) is 0 Å². The molecular weight excluding hydrogens is 340 g/mol. The first-order chi connectivity index (χ1) is 13.1. The highest BCUT2D eigenvalue weighted by molar-refractivity contribution is 5.75. The number of nitrogens with zero attached hydrogens (tertiary/aromatic N) is 2. The minimum absolute atomic E-state index is 0.0486. The molecule has 0 unspecified atom stereocenters. The SMILES string of the molecule is CC[C@@H](C)NC(=O)N1CCC2(CC1)Nc1cc(OC)ccc1-n1cccc12. The average molecular weight is 368 g/mol. The van der Waals surface area contributed by atoms with Crippen LogP contribution in [0.5, 0.6) is 5.75 Å². The lowest BCUT2D eigenvalue weighted by Crippen LogP contribution is -2.53. The second-order valence-corrected chi connectivity index (χ2v) is 7.60. The molecule has 2 aromatic rings. The number of carbonyl (C=O) groups is 1. The van der Waals surface area contributed by atoms with Gasteiger partial charge in [0.25, 0.3) is 0 Å². The lowest BCUT2D eigenvalue weighted by Gasteiger charge is -2.46. The number of rotatable bonds is 3. The molecular formula is C21H28N4O2. The highest BCUT2D eigenvalue weighted by Crippen LogP contribution is 2.44. The topological polar surface area (TPSA) is 58.5 Å². The molecule has 2 aliphatic heterocycles. The molecule has 6 heteroatoms. The second kappa shape index (κ2) is 6.83. The van der Waals surface area contributed by atoms with E-state index in [1.807, 2.05) is 17.9 Å². The third kappa shape index (κ3) is 3.03. The van der Waals surface area contributed by atoms with Crippen molar-refractivity contribution in [3.63, 3.8) is 0 Å². The fraction of sp³-hybridized carbons (Fsp3) is 0.476. The van der Waals surface area contributed by atoms with Crippen LogP contribution in [-0.2, 0) is 5.54 Å². The van der Waals surface area contributed by atoms with Crippen molar-refractivity contribution in [3.05, 3.63) is 42.2 Å². The molecule has 2 aliphatic rings. The quantitative estimate of drug-likeness (QED) is 0.868. The number of methoxy groups -OCH3 is 1. The first-order valence-electron chi connectivity index (χ1n) is 9.76. The Morgan fingerprint density at radius 3 is 2.81 bits per heavy atom. The van der Waals surface area contributed by atoms with E-state index >= 15 is 0 Å².